The van der Waals surface area contributed by atoms with Crippen LogP contribution in [0.2, 0.25) is 0 Å². The van der Waals surface area contributed by atoms with Crippen LogP contribution >= 0.6 is 21.0 Å². The summed E-state index contributed by atoms with van der Waals surface area (Å²) in [5.41, 5.74) is 29.5. The van der Waals surface area contributed by atoms with Crippen LogP contribution in [0.4, 0.5) is 5.69 Å². The van der Waals surface area contributed by atoms with E-state index in [9.17, 15) is 0 Å². The first-order valence-electron chi connectivity index (χ1n) is 36.2. The van der Waals surface area contributed by atoms with Crippen molar-refractivity contribution in [1.29, 1.82) is 5.26 Å². The Morgan fingerprint density at radius 1 is 0.576 bits per heavy atom. The summed E-state index contributed by atoms with van der Waals surface area (Å²) in [6, 6.07) is 17.9. The number of nitrogens with zero attached hydrogens (tertiary/aromatic N) is 1. The number of unbranched alkanes of at least 4 members (excludes halogenated alkanes) is 8. The maximum atomic E-state index is 6.50. The molecule has 3 aromatic rings. The molecule has 8 nitrogen and oxygen atoms in total. The third-order valence-corrected chi connectivity index (χ3v) is 11.6. The minimum absolute atomic E-state index is 0.00696. The zero-order valence-corrected chi connectivity index (χ0v) is 70.6. The van der Waals surface area contributed by atoms with E-state index in [1.807, 2.05) is 146 Å². The van der Waals surface area contributed by atoms with Gasteiger partial charge in [0.15, 0.2) is 0 Å². The largest absolute Gasteiger partial charge is 0.398 e. The molecule has 0 spiro atoms. The third-order valence-electron chi connectivity index (χ3n) is 11.6. The van der Waals surface area contributed by atoms with Gasteiger partial charge in [0.25, 0.3) is 0 Å². The van der Waals surface area contributed by atoms with Crippen LogP contribution in [0.25, 0.3) is 6.08 Å². The molecule has 0 radical (unpaired) electrons. The Labute approximate surface area is 592 Å². The van der Waals surface area contributed by atoms with Gasteiger partial charge in [-0.15, -0.1) is 25.2 Å². The first kappa shape index (κ1) is 122. The van der Waals surface area contributed by atoms with Gasteiger partial charge in [-0.25, -0.2) is 5.26 Å². The van der Waals surface area contributed by atoms with Crippen LogP contribution in [0.5, 0.6) is 0 Å². The highest BCUT2D eigenvalue weighted by atomic mass is 127. The predicted molar refractivity (Wildman–Crippen MR) is 446 cm³/mol. The van der Waals surface area contributed by atoms with Crippen LogP contribution < -0.4 is 31.8 Å². The van der Waals surface area contributed by atoms with Gasteiger partial charge in [0.2, 0.25) is 0 Å². The molecule has 10 N–H and O–H groups in total. The molecule has 9 heteroatoms. The molecule has 0 saturated carbocycles. The number of aryl methyl sites for hydroxylation is 1. The molecule has 0 amide bonds. The van der Waals surface area contributed by atoms with Gasteiger partial charge in [0, 0.05) is 38.4 Å². The summed E-state index contributed by atoms with van der Waals surface area (Å²) in [4.78, 5) is 0. The van der Waals surface area contributed by atoms with Crippen molar-refractivity contribution in [3.8, 4) is 31.8 Å². The van der Waals surface area contributed by atoms with Crippen molar-refractivity contribution < 1.29 is 4.74 Å². The highest BCUT2D eigenvalue weighted by Gasteiger charge is 2.26. The van der Waals surface area contributed by atoms with E-state index in [-0.39, 0.29) is 37.2 Å². The average molecular weight is 1410 g/mol. The van der Waals surface area contributed by atoms with Crippen LogP contribution in [0.3, 0.4) is 0 Å². The number of nitriles is 1. The van der Waals surface area contributed by atoms with Crippen molar-refractivity contribution in [1.82, 2.24) is 10.6 Å². The second-order valence-corrected chi connectivity index (χ2v) is 22.1. The lowest BCUT2D eigenvalue weighted by molar-refractivity contribution is 0.0570. The van der Waals surface area contributed by atoms with Crippen molar-refractivity contribution in [3.63, 3.8) is 0 Å². The van der Waals surface area contributed by atoms with Crippen molar-refractivity contribution in [3.05, 3.63) is 105 Å². The van der Waals surface area contributed by atoms with Crippen LogP contribution in [-0.4, -0.2) is 44.9 Å². The van der Waals surface area contributed by atoms with Crippen molar-refractivity contribution in [2.24, 2.45) is 15.4 Å². The monoisotopic (exact) mass is 1410 g/mol. The first-order chi connectivity index (χ1) is 44.0. The number of halogens is 1. The Morgan fingerprint density at radius 2 is 0.935 bits per heavy atom. The summed E-state index contributed by atoms with van der Waals surface area (Å²) in [5.74, 6) is 2.82. The average Bonchev–Trinajstić information content (AvgIpc) is 0.828. The van der Waals surface area contributed by atoms with Crippen LogP contribution in [-0.2, 0) is 53.3 Å². The molecule has 3 aromatic carbocycles. The molecule has 0 aliphatic heterocycles. The molecule has 0 fully saturated rings. The number of nitrogen functional groups attached to an aromatic ring is 1. The molecule has 0 aliphatic rings. The SMILES string of the molecule is C#C.C#CCc1cc(C(C)(C)C)cc(C(C)(C)Cc2cc(CN)cc(C(C)(C)C)c2)c1.C#N.C=Cc1cc(CC)cc(CN)c1N.C=IN.CC.CC.CC.CC.CC.CC.CC.CC.CC.CCC.CCC[C@H](C)OCCCCCCCCCCCNC.CNC. The smallest absolute Gasteiger partial charge is 0.0546 e. The number of nitrogens with one attached hydrogen (secondary N) is 2. The lowest BCUT2D eigenvalue weighted by Gasteiger charge is -2.30. The Bertz CT molecular complexity index is 1910. The normalized spacial score (nSPS) is 9.26. The maximum Gasteiger partial charge on any atom is 0.0546 e. The van der Waals surface area contributed by atoms with Crippen molar-refractivity contribution in [2.75, 3.05) is 40.0 Å². The number of hydrogen-bond donors (Lipinski definition) is 6. The second kappa shape index (κ2) is 101. The molecule has 0 saturated heterocycles. The van der Waals surface area contributed by atoms with E-state index in [4.69, 9.17) is 37.6 Å². The van der Waals surface area contributed by atoms with Gasteiger partial charge in [-0.05, 0) is 160 Å². The summed E-state index contributed by atoms with van der Waals surface area (Å²) in [6.45, 7) is 75.4. The zero-order valence-electron chi connectivity index (χ0n) is 68.5. The minimum atomic E-state index is -0.160. The summed E-state index contributed by atoms with van der Waals surface area (Å²) in [5, 5.41) is 12.5. The fraction of sp³-hybridized carbons (Fsp3) is 0.687. The molecule has 0 heterocycles. The highest BCUT2D eigenvalue weighted by Crippen LogP contribution is 2.35. The van der Waals surface area contributed by atoms with E-state index in [1.165, 1.54) is 123 Å². The number of ether oxygens (including phenoxy) is 1. The topological polar surface area (TPSA) is 161 Å². The minimum Gasteiger partial charge on any atom is -0.398 e. The number of nitrogens with two attached hydrogens (primary N) is 4. The molecule has 1 atom stereocenters. The molecule has 3 rings (SSSR count). The molecule has 92 heavy (non-hydrogen) atoms. The lowest BCUT2D eigenvalue weighted by atomic mass is 9.74. The number of benzene rings is 3. The van der Waals surface area contributed by atoms with E-state index in [0.29, 0.717) is 25.6 Å². The molecule has 0 aliphatic carbocycles. The number of rotatable bonds is 23. The summed E-state index contributed by atoms with van der Waals surface area (Å²) in [6.07, 6.45) is 34.6. The number of anilines is 1. The van der Waals surface area contributed by atoms with Gasteiger partial charge in [-0.2, -0.15) is 0 Å². The number of terminal acetylenes is 2. The zero-order chi connectivity index (χ0) is 76.2. The van der Waals surface area contributed by atoms with Crippen LogP contribution in [0.15, 0.2) is 55.1 Å². The molecular formula is C83H168IN7O. The van der Waals surface area contributed by atoms with Gasteiger partial charge in [0.1, 0.15) is 0 Å². The van der Waals surface area contributed by atoms with Gasteiger partial charge < -0.3 is 32.6 Å². The maximum absolute atomic E-state index is 6.50. The van der Waals surface area contributed by atoms with Crippen molar-refractivity contribution >= 4 is 37.3 Å². The first-order valence-corrected chi connectivity index (χ1v) is 39.0. The van der Waals surface area contributed by atoms with E-state index in [1.54, 1.807) is 6.08 Å². The van der Waals surface area contributed by atoms with Crippen molar-refractivity contribution in [2.45, 2.75) is 346 Å². The Morgan fingerprint density at radius 3 is 1.27 bits per heavy atom. The third kappa shape index (κ3) is 82.3. The van der Waals surface area contributed by atoms with Gasteiger partial charge >= 0.3 is 0 Å². The standard InChI is InChI=1S/C28H39N.C17H37NO.C11H16N2.C3H8.C2H7N.9C2H6.C2H2.CH4IN.CHN/c1-10-11-20-13-24(27(5,6)7)17-25(14-20)28(8,9)18-21-12-22(19-29)16-23(15-21)26(2,3)4;1-4-14-17(2)19-16-13-11-9-7-5-6-8-10-12-15-18-3;1-3-8-5-9(4-2)11(13)10(6-8)7-12;2*1-3-2;10*1-2;1-2-3;1-2/h1,12-17H,11,18-19,29H2,2-9H3;17-18H,4-16H2,1-3H3;4-6H,2-3,7,12-13H2,1H3;3H2,1-2H3;3H,1-2H3;9*1-2H3;1-2H;1,3H2;1H/t;17-;;;;;;;;;;;;;;;/m.0.............../s1. The molecule has 0 bridgehead atoms. The Balaban J connectivity index is -0.0000000700. The van der Waals surface area contributed by atoms with Gasteiger partial charge in [-0.1, -0.05) is 325 Å². The van der Waals surface area contributed by atoms with Crippen LogP contribution in [0, 0.1) is 37.0 Å². The van der Waals surface area contributed by atoms with Gasteiger partial charge in [0.05, 0.1) is 6.10 Å². The van der Waals surface area contributed by atoms with E-state index < -0.39 is 0 Å². The fourth-order valence-corrected chi connectivity index (χ4v) is 7.53. The predicted octanol–water partition coefficient (Wildman–Crippen LogP) is 24.4. The molecular weight excluding hydrogens is 1240 g/mol. The highest BCUT2D eigenvalue weighted by molar-refractivity contribution is 14.2. The van der Waals surface area contributed by atoms with E-state index in [2.05, 4.69) is 186 Å². The van der Waals surface area contributed by atoms with E-state index >= 15 is 0 Å². The Kier molecular flexibility index (Phi) is 133. The second-order valence-electron chi connectivity index (χ2n) is 21.2. The molecule has 0 unspecified atom stereocenters. The van der Waals surface area contributed by atoms with Crippen LogP contribution in [0.1, 0.15) is 342 Å². The summed E-state index contributed by atoms with van der Waals surface area (Å²) < 4.78 is 14.0. The quantitative estimate of drug-likeness (QED) is 0.0180. The summed E-state index contributed by atoms with van der Waals surface area (Å²) in [7, 11) is 5.78. The molecule has 548 valence electrons. The number of hydrogen-bond acceptors (Lipinski definition) is 8. The Hall–Kier alpha value is -3.83. The van der Waals surface area contributed by atoms with E-state index in [0.717, 1.165) is 36.3 Å². The molecule has 0 aromatic heterocycles. The van der Waals surface area contributed by atoms with Gasteiger partial charge in [-0.3, -0.25) is 3.95 Å². The summed E-state index contributed by atoms with van der Waals surface area (Å²) >= 11 is -0.160. The fourth-order valence-electron chi connectivity index (χ4n) is 7.53. The lowest BCUT2D eigenvalue weighted by Crippen LogP contribution is -2.23.